The highest BCUT2D eigenvalue weighted by molar-refractivity contribution is 5.96. The Kier molecular flexibility index (Phi) is 5.43. The number of Topliss-reactive ketones (excluding diaryl/α,β-unsaturated/α-hetero) is 1. The molecule has 0 spiro atoms. The van der Waals surface area contributed by atoms with E-state index in [4.69, 9.17) is 4.74 Å². The maximum Gasteiger partial charge on any atom is 0.338 e. The van der Waals surface area contributed by atoms with Gasteiger partial charge < -0.3 is 4.74 Å². The molecule has 2 aromatic carbocycles. The van der Waals surface area contributed by atoms with Gasteiger partial charge in [0.05, 0.1) is 17.9 Å². The summed E-state index contributed by atoms with van der Waals surface area (Å²) < 4.78 is 19.5. The number of nitrogens with zero attached hydrogens (tertiary/aromatic N) is 4. The average Bonchev–Trinajstić information content (AvgIpc) is 3.20. The van der Waals surface area contributed by atoms with E-state index in [1.165, 1.54) is 35.3 Å². The molecule has 0 amide bonds. The minimum Gasteiger partial charge on any atom is -0.462 e. The third-order valence-electron chi connectivity index (χ3n) is 3.66. The second kappa shape index (κ2) is 8.11. The van der Waals surface area contributed by atoms with Crippen molar-refractivity contribution in [2.24, 2.45) is 0 Å². The first-order valence-electron chi connectivity index (χ1n) is 7.93. The molecule has 7 nitrogen and oxygen atoms in total. The van der Waals surface area contributed by atoms with E-state index in [1.54, 1.807) is 24.3 Å². The average molecular weight is 354 g/mol. The van der Waals surface area contributed by atoms with Gasteiger partial charge in [-0.15, -0.1) is 5.10 Å². The Balaban J connectivity index is 1.45. The van der Waals surface area contributed by atoms with Crippen LogP contribution >= 0.6 is 0 Å². The molecule has 26 heavy (non-hydrogen) atoms. The Morgan fingerprint density at radius 3 is 2.35 bits per heavy atom. The van der Waals surface area contributed by atoms with Gasteiger partial charge >= 0.3 is 5.97 Å². The smallest absolute Gasteiger partial charge is 0.338 e. The lowest BCUT2D eigenvalue weighted by molar-refractivity contribution is 0.0494. The van der Waals surface area contributed by atoms with Crippen molar-refractivity contribution in [3.8, 4) is 5.69 Å². The summed E-state index contributed by atoms with van der Waals surface area (Å²) in [6.45, 7) is 0.126. The molecule has 0 aliphatic carbocycles. The van der Waals surface area contributed by atoms with Crippen molar-refractivity contribution in [3.63, 3.8) is 0 Å². The SMILES string of the molecule is O=C(CCCOC(=O)c1ccc(-n2cnnn2)cc1)c1ccc(F)cc1. The van der Waals surface area contributed by atoms with Crippen LogP contribution in [0, 0.1) is 5.82 Å². The largest absolute Gasteiger partial charge is 0.462 e. The summed E-state index contributed by atoms with van der Waals surface area (Å²) in [5.41, 5.74) is 1.55. The van der Waals surface area contributed by atoms with E-state index < -0.39 is 5.97 Å². The lowest BCUT2D eigenvalue weighted by Gasteiger charge is -2.06. The number of carbonyl (C=O) groups is 2. The molecule has 0 radical (unpaired) electrons. The van der Waals surface area contributed by atoms with Crippen molar-refractivity contribution in [2.45, 2.75) is 12.8 Å². The van der Waals surface area contributed by atoms with Crippen LogP contribution in [0.1, 0.15) is 33.6 Å². The molecule has 1 heterocycles. The summed E-state index contributed by atoms with van der Waals surface area (Å²) in [4.78, 5) is 23.9. The van der Waals surface area contributed by atoms with E-state index in [-0.39, 0.29) is 24.6 Å². The minimum absolute atomic E-state index is 0.119. The molecule has 3 aromatic rings. The molecule has 0 atom stereocenters. The molecule has 0 saturated carbocycles. The number of rotatable bonds is 7. The number of carbonyl (C=O) groups excluding carboxylic acids is 2. The number of halogens is 1. The van der Waals surface area contributed by atoms with E-state index in [2.05, 4.69) is 15.5 Å². The molecule has 0 bridgehead atoms. The van der Waals surface area contributed by atoms with Crippen LogP contribution in [-0.2, 0) is 4.74 Å². The summed E-state index contributed by atoms with van der Waals surface area (Å²) in [5, 5.41) is 10.8. The highest BCUT2D eigenvalue weighted by atomic mass is 19.1. The predicted molar refractivity (Wildman–Crippen MR) is 89.4 cm³/mol. The zero-order chi connectivity index (χ0) is 18.4. The van der Waals surface area contributed by atoms with E-state index >= 15 is 0 Å². The molecular weight excluding hydrogens is 339 g/mol. The fourth-order valence-electron chi connectivity index (χ4n) is 2.29. The molecule has 0 N–H and O–H groups in total. The van der Waals surface area contributed by atoms with Gasteiger partial charge in [-0.05, 0) is 65.4 Å². The maximum absolute atomic E-state index is 12.8. The molecule has 0 unspecified atom stereocenters. The number of tetrazole rings is 1. The molecule has 0 aliphatic rings. The third kappa shape index (κ3) is 4.35. The first-order valence-corrected chi connectivity index (χ1v) is 7.93. The summed E-state index contributed by atoms with van der Waals surface area (Å²) in [5.74, 6) is -0.976. The van der Waals surface area contributed by atoms with Gasteiger partial charge in [0.1, 0.15) is 12.1 Å². The fourth-order valence-corrected chi connectivity index (χ4v) is 2.29. The van der Waals surface area contributed by atoms with E-state index in [1.807, 2.05) is 0 Å². The molecule has 0 saturated heterocycles. The molecule has 0 aliphatic heterocycles. The number of hydrogen-bond acceptors (Lipinski definition) is 6. The van der Waals surface area contributed by atoms with Crippen molar-refractivity contribution in [2.75, 3.05) is 6.61 Å². The Bertz CT molecular complexity index is 878. The van der Waals surface area contributed by atoms with E-state index in [0.29, 0.717) is 17.5 Å². The number of ketones is 1. The molecule has 132 valence electrons. The van der Waals surface area contributed by atoms with Gasteiger partial charge in [0, 0.05) is 12.0 Å². The van der Waals surface area contributed by atoms with Crippen molar-refractivity contribution in [1.29, 1.82) is 0 Å². The topological polar surface area (TPSA) is 87.0 Å². The van der Waals surface area contributed by atoms with Crippen LogP contribution in [0.2, 0.25) is 0 Å². The first kappa shape index (κ1) is 17.4. The van der Waals surface area contributed by atoms with Crippen LogP contribution in [0.5, 0.6) is 0 Å². The van der Waals surface area contributed by atoms with Crippen molar-refractivity contribution >= 4 is 11.8 Å². The van der Waals surface area contributed by atoms with Crippen molar-refractivity contribution < 1.29 is 18.7 Å². The third-order valence-corrected chi connectivity index (χ3v) is 3.66. The van der Waals surface area contributed by atoms with Crippen LogP contribution in [-0.4, -0.2) is 38.6 Å². The quantitative estimate of drug-likeness (QED) is 0.368. The zero-order valence-corrected chi connectivity index (χ0v) is 13.7. The Hall–Kier alpha value is -3.42. The fraction of sp³-hybridized carbons (Fsp3) is 0.167. The second-order valence-electron chi connectivity index (χ2n) is 5.47. The standard InChI is InChI=1S/C18H15FN4O3/c19-15-7-3-13(4-8-15)17(24)2-1-11-26-18(25)14-5-9-16(10-6-14)23-12-20-21-22-23/h3-10,12H,1-2,11H2. The van der Waals surface area contributed by atoms with Gasteiger partial charge in [-0.3, -0.25) is 4.79 Å². The zero-order valence-electron chi connectivity index (χ0n) is 13.7. The first-order chi connectivity index (χ1) is 12.6. The Morgan fingerprint density at radius 1 is 1.00 bits per heavy atom. The number of hydrogen-bond donors (Lipinski definition) is 0. The predicted octanol–water partition coefficient (Wildman–Crippen LogP) is 2.62. The molecule has 3 rings (SSSR count). The van der Waals surface area contributed by atoms with Crippen LogP contribution in [0.25, 0.3) is 5.69 Å². The van der Waals surface area contributed by atoms with E-state index in [0.717, 1.165) is 5.69 Å². The highest BCUT2D eigenvalue weighted by Crippen LogP contribution is 2.10. The van der Waals surface area contributed by atoms with Crippen molar-refractivity contribution in [1.82, 2.24) is 20.2 Å². The summed E-state index contributed by atoms with van der Waals surface area (Å²) in [7, 11) is 0. The number of benzene rings is 2. The van der Waals surface area contributed by atoms with Gasteiger partial charge in [-0.25, -0.2) is 13.9 Å². The maximum atomic E-state index is 12.8. The van der Waals surface area contributed by atoms with Crippen LogP contribution in [0.15, 0.2) is 54.9 Å². The normalized spacial score (nSPS) is 10.5. The molecular formula is C18H15FN4O3. The van der Waals surface area contributed by atoms with Crippen molar-refractivity contribution in [3.05, 3.63) is 71.8 Å². The molecule has 8 heteroatoms. The van der Waals surface area contributed by atoms with Gasteiger partial charge in [0.2, 0.25) is 0 Å². The van der Waals surface area contributed by atoms with Crippen LogP contribution in [0.4, 0.5) is 4.39 Å². The minimum atomic E-state index is -0.470. The van der Waals surface area contributed by atoms with Gasteiger partial charge in [0.25, 0.3) is 0 Å². The summed E-state index contributed by atoms with van der Waals surface area (Å²) in [6, 6.07) is 12.0. The summed E-state index contributed by atoms with van der Waals surface area (Å²) in [6.07, 6.45) is 2.06. The molecule has 0 fully saturated rings. The lowest BCUT2D eigenvalue weighted by Crippen LogP contribution is -2.08. The van der Waals surface area contributed by atoms with Gasteiger partial charge in [-0.2, -0.15) is 0 Å². The summed E-state index contributed by atoms with van der Waals surface area (Å²) >= 11 is 0. The number of esters is 1. The van der Waals surface area contributed by atoms with Gasteiger partial charge in [-0.1, -0.05) is 0 Å². The molecule has 1 aromatic heterocycles. The second-order valence-corrected chi connectivity index (χ2v) is 5.47. The Morgan fingerprint density at radius 2 is 1.69 bits per heavy atom. The Labute approximate surface area is 148 Å². The van der Waals surface area contributed by atoms with Gasteiger partial charge in [0.15, 0.2) is 5.78 Å². The number of ether oxygens (including phenoxy) is 1. The number of aromatic nitrogens is 4. The van der Waals surface area contributed by atoms with Crippen LogP contribution < -0.4 is 0 Å². The highest BCUT2D eigenvalue weighted by Gasteiger charge is 2.10. The monoisotopic (exact) mass is 354 g/mol. The van der Waals surface area contributed by atoms with Crippen LogP contribution in [0.3, 0.4) is 0 Å². The van der Waals surface area contributed by atoms with E-state index in [9.17, 15) is 14.0 Å². The lowest BCUT2D eigenvalue weighted by atomic mass is 10.1.